The van der Waals surface area contributed by atoms with Crippen LogP contribution in [0.2, 0.25) is 0 Å². The maximum Gasteiger partial charge on any atom is 0.525 e. The van der Waals surface area contributed by atoms with Gasteiger partial charge in [-0.15, -0.1) is 5.06 Å². The Bertz CT molecular complexity index is 195. The highest BCUT2D eigenvalue weighted by molar-refractivity contribution is 5.56. The molecule has 0 radical (unpaired) electrons. The van der Waals surface area contributed by atoms with Gasteiger partial charge in [0.25, 0.3) is 0 Å². The number of carboxylic acid groups (broad SMARTS) is 1. The van der Waals surface area contributed by atoms with Gasteiger partial charge in [0.05, 0.1) is 0 Å². The van der Waals surface area contributed by atoms with Crippen molar-refractivity contribution in [1.29, 1.82) is 0 Å². The Labute approximate surface area is 71.1 Å². The molecule has 68 valence electrons. The van der Waals surface area contributed by atoms with Gasteiger partial charge < -0.3 is 9.94 Å². The molecule has 4 heteroatoms. The van der Waals surface area contributed by atoms with Gasteiger partial charge in [0.1, 0.15) is 0 Å². The number of carbonyl (C=O) groups is 1. The second-order valence-electron chi connectivity index (χ2n) is 3.54. The molecule has 2 atom stereocenters. The molecule has 0 unspecified atom stereocenters. The third-order valence-electron chi connectivity index (χ3n) is 2.90. The van der Waals surface area contributed by atoms with E-state index >= 15 is 0 Å². The first-order valence-electron chi connectivity index (χ1n) is 4.45. The fourth-order valence-electron chi connectivity index (χ4n) is 2.41. The van der Waals surface area contributed by atoms with Crippen LogP contribution in [0.1, 0.15) is 25.7 Å². The van der Waals surface area contributed by atoms with Crippen molar-refractivity contribution in [3.8, 4) is 0 Å². The van der Waals surface area contributed by atoms with Gasteiger partial charge in [-0.05, 0) is 25.2 Å². The Morgan fingerprint density at radius 1 is 1.42 bits per heavy atom. The Morgan fingerprint density at radius 2 is 2.25 bits per heavy atom. The zero-order chi connectivity index (χ0) is 8.55. The van der Waals surface area contributed by atoms with Gasteiger partial charge in [-0.1, -0.05) is 6.42 Å². The molecule has 1 N–H and O–H groups in total. The molecule has 2 aliphatic rings. The van der Waals surface area contributed by atoms with Crippen LogP contribution in [0, 0.1) is 5.92 Å². The van der Waals surface area contributed by atoms with Crippen LogP contribution in [-0.4, -0.2) is 28.9 Å². The lowest BCUT2D eigenvalue weighted by Gasteiger charge is -2.19. The number of rotatable bonds is 1. The van der Waals surface area contributed by atoms with Crippen molar-refractivity contribution < 1.29 is 14.7 Å². The van der Waals surface area contributed by atoms with Crippen molar-refractivity contribution in [2.75, 3.05) is 6.54 Å². The first kappa shape index (κ1) is 7.86. The van der Waals surface area contributed by atoms with Gasteiger partial charge in [0.15, 0.2) is 0 Å². The molecule has 1 saturated carbocycles. The molecule has 1 aliphatic heterocycles. The number of hydrogen-bond acceptors (Lipinski definition) is 3. The predicted molar refractivity (Wildman–Crippen MR) is 41.6 cm³/mol. The molecule has 1 saturated heterocycles. The Balaban J connectivity index is 1.95. The Kier molecular flexibility index (Phi) is 1.92. The highest BCUT2D eigenvalue weighted by atomic mass is 16.8. The monoisotopic (exact) mass is 171 g/mol. The summed E-state index contributed by atoms with van der Waals surface area (Å²) in [4.78, 5) is 15.0. The molecule has 0 amide bonds. The van der Waals surface area contributed by atoms with E-state index in [1.54, 1.807) is 5.06 Å². The average molecular weight is 171 g/mol. The van der Waals surface area contributed by atoms with E-state index in [9.17, 15) is 4.79 Å². The minimum Gasteiger partial charge on any atom is -0.448 e. The normalized spacial score (nSPS) is 35.0. The number of hydrogen-bond donors (Lipinski definition) is 1. The average Bonchev–Trinajstić information content (AvgIpc) is 2.52. The van der Waals surface area contributed by atoms with Crippen molar-refractivity contribution in [2.24, 2.45) is 5.92 Å². The maximum atomic E-state index is 10.3. The van der Waals surface area contributed by atoms with Gasteiger partial charge in [-0.3, -0.25) is 0 Å². The topological polar surface area (TPSA) is 49.8 Å². The summed E-state index contributed by atoms with van der Waals surface area (Å²) in [6, 6.07) is 0.376. The molecule has 0 aromatic rings. The molecular formula is C8H13NO3. The molecule has 0 spiro atoms. The van der Waals surface area contributed by atoms with E-state index in [0.29, 0.717) is 12.0 Å². The largest absolute Gasteiger partial charge is 0.525 e. The molecular weight excluding hydrogens is 158 g/mol. The molecule has 2 fully saturated rings. The zero-order valence-electron chi connectivity index (χ0n) is 6.90. The fourth-order valence-corrected chi connectivity index (χ4v) is 2.41. The molecule has 12 heavy (non-hydrogen) atoms. The number of hydroxylamine groups is 2. The summed E-state index contributed by atoms with van der Waals surface area (Å²) in [6.45, 7) is 0.779. The third kappa shape index (κ3) is 1.27. The molecule has 0 bridgehead atoms. The molecule has 0 aromatic carbocycles. The van der Waals surface area contributed by atoms with E-state index in [1.807, 2.05) is 0 Å². The van der Waals surface area contributed by atoms with Crippen LogP contribution in [0.4, 0.5) is 4.79 Å². The lowest BCUT2D eigenvalue weighted by Crippen LogP contribution is -2.32. The summed E-state index contributed by atoms with van der Waals surface area (Å²) < 4.78 is 0. The minimum atomic E-state index is -1.18. The second-order valence-corrected chi connectivity index (χ2v) is 3.54. The first-order valence-corrected chi connectivity index (χ1v) is 4.45. The van der Waals surface area contributed by atoms with E-state index in [1.165, 1.54) is 12.8 Å². The lowest BCUT2D eigenvalue weighted by atomic mass is 10.1. The van der Waals surface area contributed by atoms with Crippen LogP contribution in [0.15, 0.2) is 0 Å². The van der Waals surface area contributed by atoms with Crippen LogP contribution >= 0.6 is 0 Å². The summed E-state index contributed by atoms with van der Waals surface area (Å²) in [5.74, 6) is 0.685. The first-order chi connectivity index (χ1) is 5.77. The predicted octanol–water partition coefficient (Wildman–Crippen LogP) is 1.47. The van der Waals surface area contributed by atoms with Crippen molar-refractivity contribution >= 4 is 6.16 Å². The molecule has 2 rings (SSSR count). The van der Waals surface area contributed by atoms with Crippen LogP contribution in [0.3, 0.4) is 0 Å². The summed E-state index contributed by atoms with van der Waals surface area (Å²) in [6.07, 6.45) is 3.47. The van der Waals surface area contributed by atoms with E-state index in [4.69, 9.17) is 5.11 Å². The zero-order valence-corrected chi connectivity index (χ0v) is 6.90. The standard InChI is InChI=1S/C8H13NO3/c10-8(11)12-9-5-4-6-2-1-3-7(6)9/h6-7H,1-5H2,(H,10,11)/t6-,7-/m0/s1. The lowest BCUT2D eigenvalue weighted by molar-refractivity contribution is -0.130. The maximum absolute atomic E-state index is 10.3. The summed E-state index contributed by atoms with van der Waals surface area (Å²) in [5.41, 5.74) is 0. The highest BCUT2D eigenvalue weighted by Crippen LogP contribution is 2.37. The Morgan fingerprint density at radius 3 is 3.00 bits per heavy atom. The SMILES string of the molecule is O=C(O)ON1CC[C@@H]2CCC[C@@H]21. The van der Waals surface area contributed by atoms with Crippen LogP contribution in [0.25, 0.3) is 0 Å². The second kappa shape index (κ2) is 2.94. The van der Waals surface area contributed by atoms with E-state index in [0.717, 1.165) is 19.4 Å². The van der Waals surface area contributed by atoms with Crippen molar-refractivity contribution in [3.05, 3.63) is 0 Å². The van der Waals surface area contributed by atoms with Crippen LogP contribution < -0.4 is 0 Å². The highest BCUT2D eigenvalue weighted by Gasteiger charge is 2.39. The van der Waals surface area contributed by atoms with Gasteiger partial charge in [0, 0.05) is 12.6 Å². The molecule has 0 aromatic heterocycles. The van der Waals surface area contributed by atoms with Gasteiger partial charge in [-0.25, -0.2) is 4.79 Å². The van der Waals surface area contributed by atoms with Crippen LogP contribution in [-0.2, 0) is 4.84 Å². The minimum absolute atomic E-state index is 0.376. The molecule has 4 nitrogen and oxygen atoms in total. The van der Waals surface area contributed by atoms with Gasteiger partial charge >= 0.3 is 6.16 Å². The number of nitrogens with zero attached hydrogens (tertiary/aromatic N) is 1. The van der Waals surface area contributed by atoms with Crippen molar-refractivity contribution in [3.63, 3.8) is 0 Å². The van der Waals surface area contributed by atoms with Crippen LogP contribution in [0.5, 0.6) is 0 Å². The quantitative estimate of drug-likeness (QED) is 0.649. The van der Waals surface area contributed by atoms with Gasteiger partial charge in [0.2, 0.25) is 0 Å². The summed E-state index contributed by atoms with van der Waals surface area (Å²) >= 11 is 0. The Hall–Kier alpha value is -0.770. The summed E-state index contributed by atoms with van der Waals surface area (Å²) in [7, 11) is 0. The fraction of sp³-hybridized carbons (Fsp3) is 0.875. The third-order valence-corrected chi connectivity index (χ3v) is 2.90. The molecule has 1 heterocycles. The number of fused-ring (bicyclic) bond motifs is 1. The van der Waals surface area contributed by atoms with Crippen molar-refractivity contribution in [2.45, 2.75) is 31.7 Å². The van der Waals surface area contributed by atoms with Gasteiger partial charge in [-0.2, -0.15) is 0 Å². The molecule has 1 aliphatic carbocycles. The van der Waals surface area contributed by atoms with E-state index in [2.05, 4.69) is 4.84 Å². The summed E-state index contributed by atoms with van der Waals surface area (Å²) in [5, 5.41) is 10.1. The smallest absolute Gasteiger partial charge is 0.448 e. The van der Waals surface area contributed by atoms with Crippen molar-refractivity contribution in [1.82, 2.24) is 5.06 Å². The van der Waals surface area contributed by atoms with E-state index in [-0.39, 0.29) is 0 Å². The van der Waals surface area contributed by atoms with E-state index < -0.39 is 6.16 Å².